The first-order chi connectivity index (χ1) is 12.6. The van der Waals surface area contributed by atoms with Crippen LogP contribution < -0.4 is 5.56 Å². The maximum absolute atomic E-state index is 13.0. The van der Waals surface area contributed by atoms with Gasteiger partial charge in [-0.2, -0.15) is 0 Å². The van der Waals surface area contributed by atoms with Crippen molar-refractivity contribution in [1.29, 1.82) is 0 Å². The molecule has 0 bridgehead atoms. The molecule has 2 heterocycles. The molecule has 1 N–H and O–H groups in total. The SMILES string of the molecule is C#CCN(Cc1ccc(F)cc1)C(=O)c1ccc(-c2cccs2)[nH]c1=O. The summed E-state index contributed by atoms with van der Waals surface area (Å²) in [6, 6.07) is 12.8. The molecule has 0 atom stereocenters. The average Bonchev–Trinajstić information content (AvgIpc) is 3.17. The van der Waals surface area contributed by atoms with Gasteiger partial charge < -0.3 is 9.88 Å². The van der Waals surface area contributed by atoms with Crippen LogP contribution in [0.25, 0.3) is 10.6 Å². The van der Waals surface area contributed by atoms with Gasteiger partial charge in [0.1, 0.15) is 11.4 Å². The second kappa shape index (κ2) is 7.81. The van der Waals surface area contributed by atoms with Crippen LogP contribution in [-0.4, -0.2) is 22.3 Å². The van der Waals surface area contributed by atoms with Gasteiger partial charge in [0, 0.05) is 6.54 Å². The molecule has 2 aromatic heterocycles. The van der Waals surface area contributed by atoms with Gasteiger partial charge in [0.15, 0.2) is 0 Å². The zero-order valence-corrected chi connectivity index (χ0v) is 14.6. The summed E-state index contributed by atoms with van der Waals surface area (Å²) in [5, 5.41) is 1.91. The zero-order chi connectivity index (χ0) is 18.5. The first-order valence-corrected chi connectivity index (χ1v) is 8.71. The molecule has 1 amide bonds. The molecule has 3 aromatic rings. The standard InChI is InChI=1S/C20H15FN2O2S/c1-2-11-23(13-14-5-7-15(21)8-6-14)20(25)16-9-10-17(22-19(16)24)18-4-3-12-26-18/h1,3-10,12H,11,13H2,(H,22,24). The largest absolute Gasteiger partial charge is 0.323 e. The fourth-order valence-electron chi connectivity index (χ4n) is 2.51. The van der Waals surface area contributed by atoms with Crippen molar-refractivity contribution < 1.29 is 9.18 Å². The van der Waals surface area contributed by atoms with Gasteiger partial charge in [0.25, 0.3) is 11.5 Å². The second-order valence-electron chi connectivity index (χ2n) is 5.58. The maximum Gasteiger partial charge on any atom is 0.261 e. The molecule has 26 heavy (non-hydrogen) atoms. The molecule has 4 nitrogen and oxygen atoms in total. The lowest BCUT2D eigenvalue weighted by molar-refractivity contribution is 0.0764. The van der Waals surface area contributed by atoms with E-state index in [2.05, 4.69) is 10.9 Å². The maximum atomic E-state index is 13.0. The monoisotopic (exact) mass is 366 g/mol. The van der Waals surface area contributed by atoms with Gasteiger partial charge in [-0.05, 0) is 41.3 Å². The Morgan fingerprint density at radius 1 is 1.19 bits per heavy atom. The number of aromatic nitrogens is 1. The Bertz CT molecular complexity index is 1000. The summed E-state index contributed by atoms with van der Waals surface area (Å²) in [4.78, 5) is 30.2. The van der Waals surface area contributed by atoms with Crippen molar-refractivity contribution in [2.45, 2.75) is 6.54 Å². The number of rotatable bonds is 5. The Kier molecular flexibility index (Phi) is 5.30. The number of aromatic amines is 1. The van der Waals surface area contributed by atoms with Crippen molar-refractivity contribution in [3.8, 4) is 22.9 Å². The van der Waals surface area contributed by atoms with Crippen LogP contribution in [-0.2, 0) is 6.54 Å². The van der Waals surface area contributed by atoms with Crippen LogP contribution in [0.2, 0.25) is 0 Å². The highest BCUT2D eigenvalue weighted by Crippen LogP contribution is 2.21. The average molecular weight is 366 g/mol. The van der Waals surface area contributed by atoms with Crippen molar-refractivity contribution in [3.05, 3.63) is 81.2 Å². The molecule has 6 heteroatoms. The van der Waals surface area contributed by atoms with Crippen molar-refractivity contribution in [3.63, 3.8) is 0 Å². The van der Waals surface area contributed by atoms with Crippen molar-refractivity contribution in [1.82, 2.24) is 9.88 Å². The van der Waals surface area contributed by atoms with E-state index in [-0.39, 0.29) is 24.5 Å². The van der Waals surface area contributed by atoms with E-state index in [0.717, 1.165) is 10.4 Å². The summed E-state index contributed by atoms with van der Waals surface area (Å²) in [7, 11) is 0. The number of terminal acetylenes is 1. The number of hydrogen-bond donors (Lipinski definition) is 1. The quantitative estimate of drug-likeness (QED) is 0.703. The minimum atomic E-state index is -0.470. The summed E-state index contributed by atoms with van der Waals surface area (Å²) in [6.45, 7) is 0.234. The number of benzene rings is 1. The van der Waals surface area contributed by atoms with E-state index in [1.54, 1.807) is 18.2 Å². The fourth-order valence-corrected chi connectivity index (χ4v) is 3.21. The van der Waals surface area contributed by atoms with Gasteiger partial charge in [-0.25, -0.2) is 4.39 Å². The molecule has 0 aliphatic carbocycles. The predicted molar refractivity (Wildman–Crippen MR) is 100 cm³/mol. The van der Waals surface area contributed by atoms with E-state index in [1.807, 2.05) is 17.5 Å². The molecule has 0 saturated carbocycles. The molecule has 130 valence electrons. The highest BCUT2D eigenvalue weighted by molar-refractivity contribution is 7.13. The minimum absolute atomic E-state index is 0.0164. The van der Waals surface area contributed by atoms with E-state index >= 15 is 0 Å². The van der Waals surface area contributed by atoms with Gasteiger partial charge in [0.2, 0.25) is 0 Å². The number of thiophene rings is 1. The fraction of sp³-hybridized carbons (Fsp3) is 0.100. The van der Waals surface area contributed by atoms with Crippen molar-refractivity contribution in [2.24, 2.45) is 0 Å². The minimum Gasteiger partial charge on any atom is -0.323 e. The Morgan fingerprint density at radius 2 is 1.96 bits per heavy atom. The van der Waals surface area contributed by atoms with Gasteiger partial charge in [0.05, 0.1) is 17.1 Å². The molecule has 0 aliphatic rings. The van der Waals surface area contributed by atoms with Crippen LogP contribution in [0.15, 0.2) is 58.7 Å². The highest BCUT2D eigenvalue weighted by atomic mass is 32.1. The number of H-pyrrole nitrogens is 1. The smallest absolute Gasteiger partial charge is 0.261 e. The van der Waals surface area contributed by atoms with E-state index in [1.165, 1.54) is 34.4 Å². The molecular formula is C20H15FN2O2S. The molecular weight excluding hydrogens is 351 g/mol. The van der Waals surface area contributed by atoms with E-state index in [9.17, 15) is 14.0 Å². The van der Waals surface area contributed by atoms with Crippen LogP contribution in [0.5, 0.6) is 0 Å². The number of amides is 1. The van der Waals surface area contributed by atoms with Gasteiger partial charge in [-0.3, -0.25) is 9.59 Å². The Morgan fingerprint density at radius 3 is 2.58 bits per heavy atom. The third-order valence-corrected chi connectivity index (χ3v) is 4.69. The van der Waals surface area contributed by atoms with Crippen LogP contribution in [0, 0.1) is 18.2 Å². The summed E-state index contributed by atoms with van der Waals surface area (Å²) in [5.41, 5.74) is 0.926. The van der Waals surface area contributed by atoms with Gasteiger partial charge >= 0.3 is 0 Å². The summed E-state index contributed by atoms with van der Waals surface area (Å²) in [5.74, 6) is 1.60. The molecule has 1 aromatic carbocycles. The van der Waals surface area contributed by atoms with Crippen LogP contribution in [0.4, 0.5) is 4.39 Å². The number of pyridine rings is 1. The van der Waals surface area contributed by atoms with Crippen molar-refractivity contribution >= 4 is 17.2 Å². The number of nitrogens with zero attached hydrogens (tertiary/aromatic N) is 1. The Labute approximate surface area is 153 Å². The third kappa shape index (κ3) is 3.90. The zero-order valence-electron chi connectivity index (χ0n) is 13.7. The van der Waals surface area contributed by atoms with Crippen LogP contribution >= 0.6 is 11.3 Å². The van der Waals surface area contributed by atoms with E-state index in [0.29, 0.717) is 5.69 Å². The molecule has 0 spiro atoms. The molecule has 0 aliphatic heterocycles. The number of carbonyl (C=O) groups excluding carboxylic acids is 1. The lowest BCUT2D eigenvalue weighted by Gasteiger charge is -2.20. The summed E-state index contributed by atoms with van der Waals surface area (Å²) >= 11 is 1.49. The number of halogens is 1. The summed E-state index contributed by atoms with van der Waals surface area (Å²) < 4.78 is 13.0. The first kappa shape index (κ1) is 17.6. The number of nitrogens with one attached hydrogen (secondary N) is 1. The lowest BCUT2D eigenvalue weighted by atomic mass is 10.1. The normalized spacial score (nSPS) is 10.3. The van der Waals surface area contributed by atoms with Gasteiger partial charge in [-0.15, -0.1) is 17.8 Å². The van der Waals surface area contributed by atoms with E-state index in [4.69, 9.17) is 6.42 Å². The Hall–Kier alpha value is -3.17. The number of hydrogen-bond acceptors (Lipinski definition) is 3. The molecule has 3 rings (SSSR count). The van der Waals surface area contributed by atoms with E-state index < -0.39 is 11.5 Å². The molecule has 0 radical (unpaired) electrons. The molecule has 0 fully saturated rings. The lowest BCUT2D eigenvalue weighted by Crippen LogP contribution is -2.34. The third-order valence-electron chi connectivity index (χ3n) is 3.78. The predicted octanol–water partition coefficient (Wildman–Crippen LogP) is 3.52. The molecule has 0 saturated heterocycles. The first-order valence-electron chi connectivity index (χ1n) is 7.83. The van der Waals surface area contributed by atoms with Crippen LogP contribution in [0.3, 0.4) is 0 Å². The van der Waals surface area contributed by atoms with Crippen molar-refractivity contribution in [2.75, 3.05) is 6.54 Å². The highest BCUT2D eigenvalue weighted by Gasteiger charge is 2.19. The molecule has 0 unspecified atom stereocenters. The van der Waals surface area contributed by atoms with Gasteiger partial charge in [-0.1, -0.05) is 24.1 Å². The summed E-state index contributed by atoms with van der Waals surface area (Å²) in [6.07, 6.45) is 5.36. The topological polar surface area (TPSA) is 53.2 Å². The van der Waals surface area contributed by atoms with Crippen LogP contribution in [0.1, 0.15) is 15.9 Å². The Balaban J connectivity index is 1.86. The number of carbonyl (C=O) groups is 1. The second-order valence-corrected chi connectivity index (χ2v) is 6.53.